The molecule has 1 aromatic carbocycles. The van der Waals surface area contributed by atoms with Crippen LogP contribution in [0.25, 0.3) is 0 Å². The Morgan fingerprint density at radius 1 is 1.10 bits per heavy atom. The molecule has 0 atom stereocenters. The van der Waals surface area contributed by atoms with E-state index in [0.29, 0.717) is 6.54 Å². The number of Topliss-reactive ketones (excluding diaryl/α,β-unsaturated/α-hetero) is 1. The fraction of sp³-hybridized carbons (Fsp3) is 0.500. The second-order valence-corrected chi connectivity index (χ2v) is 5.17. The van der Waals surface area contributed by atoms with Crippen LogP contribution < -0.4 is 5.32 Å². The van der Waals surface area contributed by atoms with Crippen LogP contribution in [-0.4, -0.2) is 43.3 Å². The number of aryl methyl sites for hydroxylation is 3. The van der Waals surface area contributed by atoms with Gasteiger partial charge in [0.1, 0.15) is 0 Å². The second kappa shape index (κ2) is 7.20. The third-order valence-corrected chi connectivity index (χ3v) is 3.42. The van der Waals surface area contributed by atoms with Crippen molar-refractivity contribution in [2.75, 3.05) is 26.7 Å². The highest BCUT2D eigenvalue weighted by Gasteiger charge is 2.17. The lowest BCUT2D eigenvalue weighted by molar-refractivity contribution is -0.121. The molecule has 1 aromatic rings. The summed E-state index contributed by atoms with van der Waals surface area (Å²) >= 11 is 0. The summed E-state index contributed by atoms with van der Waals surface area (Å²) in [5, 5.41) is 2.58. The molecule has 0 unspecified atom stereocenters. The number of ketones is 1. The van der Waals surface area contributed by atoms with E-state index < -0.39 is 0 Å². The van der Waals surface area contributed by atoms with Gasteiger partial charge in [-0.15, -0.1) is 0 Å². The van der Waals surface area contributed by atoms with E-state index >= 15 is 0 Å². The fourth-order valence-electron chi connectivity index (χ4n) is 2.46. The molecule has 0 saturated heterocycles. The van der Waals surface area contributed by atoms with E-state index in [4.69, 9.17) is 0 Å². The van der Waals surface area contributed by atoms with E-state index in [-0.39, 0.29) is 24.8 Å². The van der Waals surface area contributed by atoms with Crippen molar-refractivity contribution < 1.29 is 9.59 Å². The Bertz CT molecular complexity index is 486. The van der Waals surface area contributed by atoms with Crippen LogP contribution in [-0.2, 0) is 4.79 Å². The van der Waals surface area contributed by atoms with Gasteiger partial charge >= 0.3 is 0 Å². The molecule has 1 N–H and O–H groups in total. The Labute approximate surface area is 121 Å². The van der Waals surface area contributed by atoms with Gasteiger partial charge in [0, 0.05) is 12.6 Å². The molecule has 0 fully saturated rings. The van der Waals surface area contributed by atoms with Crippen molar-refractivity contribution in [3.8, 4) is 0 Å². The van der Waals surface area contributed by atoms with Gasteiger partial charge < -0.3 is 5.32 Å². The summed E-state index contributed by atoms with van der Waals surface area (Å²) in [4.78, 5) is 25.7. The summed E-state index contributed by atoms with van der Waals surface area (Å²) < 4.78 is 0. The number of carbonyl (C=O) groups excluding carboxylic acids is 2. The molecule has 0 radical (unpaired) electrons. The molecule has 0 heterocycles. The Morgan fingerprint density at radius 3 is 2.10 bits per heavy atom. The minimum absolute atomic E-state index is 0.0722. The predicted octanol–water partition coefficient (Wildman–Crippen LogP) is 1.86. The molecule has 0 aromatic heterocycles. The van der Waals surface area contributed by atoms with E-state index in [1.165, 1.54) is 0 Å². The highest BCUT2D eigenvalue weighted by Crippen LogP contribution is 2.17. The molecule has 0 aliphatic carbocycles. The van der Waals surface area contributed by atoms with Crippen LogP contribution in [0.2, 0.25) is 0 Å². The van der Waals surface area contributed by atoms with E-state index in [1.54, 1.807) is 7.05 Å². The lowest BCUT2D eigenvalue weighted by Gasteiger charge is -2.20. The third kappa shape index (κ3) is 4.17. The molecule has 1 amide bonds. The molecule has 4 heteroatoms. The zero-order valence-corrected chi connectivity index (χ0v) is 13.0. The van der Waals surface area contributed by atoms with Gasteiger partial charge in [0.05, 0.1) is 13.1 Å². The highest BCUT2D eigenvalue weighted by atomic mass is 16.2. The molecule has 0 aliphatic heterocycles. The smallest absolute Gasteiger partial charge is 0.233 e. The molecular weight excluding hydrogens is 252 g/mol. The van der Waals surface area contributed by atoms with Crippen LogP contribution >= 0.6 is 0 Å². The number of amides is 1. The van der Waals surface area contributed by atoms with Gasteiger partial charge in [-0.3, -0.25) is 14.5 Å². The van der Waals surface area contributed by atoms with Gasteiger partial charge in [-0.25, -0.2) is 0 Å². The molecule has 4 nitrogen and oxygen atoms in total. The standard InChI is InChI=1S/C16H24N2O2/c1-6-18(10-15(20)17-5)9-14(19)16-12(3)7-11(2)8-13(16)4/h7-8H,6,9-10H2,1-5H3,(H,17,20). The topological polar surface area (TPSA) is 49.4 Å². The molecule has 20 heavy (non-hydrogen) atoms. The number of hydrogen-bond donors (Lipinski definition) is 1. The minimum atomic E-state index is -0.0722. The van der Waals surface area contributed by atoms with Gasteiger partial charge in [0.15, 0.2) is 5.78 Å². The van der Waals surface area contributed by atoms with Crippen LogP contribution in [0.15, 0.2) is 12.1 Å². The molecule has 110 valence electrons. The monoisotopic (exact) mass is 276 g/mol. The molecule has 0 saturated carbocycles. The van der Waals surface area contributed by atoms with Gasteiger partial charge in [0.2, 0.25) is 5.91 Å². The van der Waals surface area contributed by atoms with Crippen molar-refractivity contribution >= 4 is 11.7 Å². The lowest BCUT2D eigenvalue weighted by atomic mass is 9.96. The first kappa shape index (κ1) is 16.4. The summed E-state index contributed by atoms with van der Waals surface area (Å²) in [6.45, 7) is 9.09. The number of carbonyl (C=O) groups is 2. The maximum atomic E-state index is 12.5. The maximum absolute atomic E-state index is 12.5. The normalized spacial score (nSPS) is 10.7. The Balaban J connectivity index is 2.87. The van der Waals surface area contributed by atoms with Gasteiger partial charge in [-0.2, -0.15) is 0 Å². The van der Waals surface area contributed by atoms with Crippen molar-refractivity contribution in [1.82, 2.24) is 10.2 Å². The number of nitrogens with one attached hydrogen (secondary N) is 1. The first-order valence-electron chi connectivity index (χ1n) is 6.93. The first-order valence-corrected chi connectivity index (χ1v) is 6.93. The van der Waals surface area contributed by atoms with Crippen molar-refractivity contribution in [3.05, 3.63) is 34.4 Å². The predicted molar refractivity (Wildman–Crippen MR) is 81.2 cm³/mol. The van der Waals surface area contributed by atoms with Crippen LogP contribution in [0, 0.1) is 20.8 Å². The van der Waals surface area contributed by atoms with E-state index in [0.717, 1.165) is 22.3 Å². The number of likely N-dealkylation sites (N-methyl/N-ethyl adjacent to an activating group) is 2. The van der Waals surface area contributed by atoms with Crippen LogP contribution in [0.5, 0.6) is 0 Å². The van der Waals surface area contributed by atoms with Gasteiger partial charge in [-0.1, -0.05) is 24.6 Å². The van der Waals surface area contributed by atoms with Crippen LogP contribution in [0.3, 0.4) is 0 Å². The molecule has 0 bridgehead atoms. The Hall–Kier alpha value is -1.68. The average molecular weight is 276 g/mol. The van der Waals surface area contributed by atoms with Crippen molar-refractivity contribution in [2.45, 2.75) is 27.7 Å². The zero-order valence-electron chi connectivity index (χ0n) is 13.0. The quantitative estimate of drug-likeness (QED) is 0.807. The summed E-state index contributed by atoms with van der Waals surface area (Å²) in [6, 6.07) is 4.05. The first-order chi connectivity index (χ1) is 9.38. The average Bonchev–Trinajstić information content (AvgIpc) is 2.36. The summed E-state index contributed by atoms with van der Waals surface area (Å²) in [5.41, 5.74) is 3.95. The Morgan fingerprint density at radius 2 is 1.65 bits per heavy atom. The number of nitrogens with zero attached hydrogens (tertiary/aromatic N) is 1. The van der Waals surface area contributed by atoms with Crippen molar-refractivity contribution in [2.24, 2.45) is 0 Å². The van der Waals surface area contributed by atoms with Crippen LogP contribution in [0.4, 0.5) is 0 Å². The summed E-state index contributed by atoms with van der Waals surface area (Å²) in [6.07, 6.45) is 0. The van der Waals surface area contributed by atoms with Crippen molar-refractivity contribution in [1.29, 1.82) is 0 Å². The Kier molecular flexibility index (Phi) is 5.89. The van der Waals surface area contributed by atoms with E-state index in [9.17, 15) is 9.59 Å². The third-order valence-electron chi connectivity index (χ3n) is 3.42. The van der Waals surface area contributed by atoms with Gasteiger partial charge in [-0.05, 0) is 38.4 Å². The molecular formula is C16H24N2O2. The highest BCUT2D eigenvalue weighted by molar-refractivity contribution is 6.00. The van der Waals surface area contributed by atoms with E-state index in [2.05, 4.69) is 5.32 Å². The van der Waals surface area contributed by atoms with Crippen molar-refractivity contribution in [3.63, 3.8) is 0 Å². The zero-order chi connectivity index (χ0) is 15.3. The SMILES string of the molecule is CCN(CC(=O)NC)CC(=O)c1c(C)cc(C)cc1C. The van der Waals surface area contributed by atoms with Gasteiger partial charge in [0.25, 0.3) is 0 Å². The number of rotatable bonds is 6. The number of hydrogen-bond acceptors (Lipinski definition) is 3. The number of benzene rings is 1. The molecule has 0 spiro atoms. The van der Waals surface area contributed by atoms with Crippen LogP contribution in [0.1, 0.15) is 34.0 Å². The summed E-state index contributed by atoms with van der Waals surface area (Å²) in [5.74, 6) is 0.00255. The second-order valence-electron chi connectivity index (χ2n) is 5.17. The van der Waals surface area contributed by atoms with E-state index in [1.807, 2.05) is 44.7 Å². The largest absolute Gasteiger partial charge is 0.358 e. The maximum Gasteiger partial charge on any atom is 0.233 e. The molecule has 0 aliphatic rings. The summed E-state index contributed by atoms with van der Waals surface area (Å²) in [7, 11) is 1.60. The fourth-order valence-corrected chi connectivity index (χ4v) is 2.46. The minimum Gasteiger partial charge on any atom is -0.358 e. The lowest BCUT2D eigenvalue weighted by Crippen LogP contribution is -2.38. The molecule has 1 rings (SSSR count).